The third kappa shape index (κ3) is 3.08. The highest BCUT2D eigenvalue weighted by Crippen LogP contribution is 2.08. The fraction of sp³-hybridized carbons (Fsp3) is 0.778. The summed E-state index contributed by atoms with van der Waals surface area (Å²) in [6.07, 6.45) is -0.0418. The molecule has 1 aromatic heterocycles. The lowest BCUT2D eigenvalue weighted by atomic mass is 10.0. The normalized spacial score (nSPS) is 13.5. The Hall–Kier alpha value is -0.940. The Morgan fingerprint density at radius 3 is 2.79 bits per heavy atom. The smallest absolute Gasteiger partial charge is 0.229 e. The van der Waals surface area contributed by atoms with Gasteiger partial charge in [0.15, 0.2) is 5.82 Å². The van der Waals surface area contributed by atoms with Crippen molar-refractivity contribution in [3.8, 4) is 0 Å². The van der Waals surface area contributed by atoms with Gasteiger partial charge in [-0.05, 0) is 5.92 Å². The molecule has 5 heteroatoms. The van der Waals surface area contributed by atoms with Crippen molar-refractivity contribution in [3.63, 3.8) is 0 Å². The highest BCUT2D eigenvalue weighted by molar-refractivity contribution is 4.87. The second kappa shape index (κ2) is 5.07. The van der Waals surface area contributed by atoms with Gasteiger partial charge in [-0.25, -0.2) is 0 Å². The minimum Gasteiger partial charge on any atom is -0.392 e. The molecular formula is C9H16N2O3. The molecule has 0 saturated carbocycles. The van der Waals surface area contributed by atoms with Crippen molar-refractivity contribution >= 4 is 0 Å². The van der Waals surface area contributed by atoms with E-state index in [0.717, 1.165) is 0 Å². The van der Waals surface area contributed by atoms with Crippen molar-refractivity contribution in [1.82, 2.24) is 10.1 Å². The predicted molar refractivity (Wildman–Crippen MR) is 49.6 cm³/mol. The largest absolute Gasteiger partial charge is 0.392 e. The molecule has 5 nitrogen and oxygen atoms in total. The third-order valence-electron chi connectivity index (χ3n) is 1.94. The van der Waals surface area contributed by atoms with Gasteiger partial charge in [-0.3, -0.25) is 0 Å². The van der Waals surface area contributed by atoms with Gasteiger partial charge < -0.3 is 14.4 Å². The van der Waals surface area contributed by atoms with Crippen LogP contribution in [0.15, 0.2) is 4.52 Å². The second-order valence-corrected chi connectivity index (χ2v) is 3.55. The molecule has 14 heavy (non-hydrogen) atoms. The maximum absolute atomic E-state index is 9.56. The first-order valence-electron chi connectivity index (χ1n) is 4.62. The molecule has 0 aliphatic carbocycles. The molecule has 0 spiro atoms. The topological polar surface area (TPSA) is 68.4 Å². The molecule has 1 unspecified atom stereocenters. The number of hydrogen-bond donors (Lipinski definition) is 1. The summed E-state index contributed by atoms with van der Waals surface area (Å²) in [7, 11) is 1.57. The molecule has 1 heterocycles. The first-order valence-corrected chi connectivity index (χ1v) is 4.62. The number of methoxy groups -OCH3 is 1. The number of aliphatic hydroxyl groups is 1. The van der Waals surface area contributed by atoms with E-state index in [9.17, 15) is 5.11 Å². The van der Waals surface area contributed by atoms with Crippen LogP contribution in [0.2, 0.25) is 0 Å². The van der Waals surface area contributed by atoms with E-state index in [2.05, 4.69) is 10.1 Å². The summed E-state index contributed by atoms with van der Waals surface area (Å²) < 4.78 is 9.78. The number of hydrogen-bond acceptors (Lipinski definition) is 5. The van der Waals surface area contributed by atoms with Crippen LogP contribution in [0.3, 0.4) is 0 Å². The van der Waals surface area contributed by atoms with Crippen molar-refractivity contribution in [2.75, 3.05) is 7.11 Å². The van der Waals surface area contributed by atoms with Gasteiger partial charge in [-0.1, -0.05) is 19.0 Å². The summed E-state index contributed by atoms with van der Waals surface area (Å²) in [6.45, 7) is 4.22. The Kier molecular flexibility index (Phi) is 4.03. The molecule has 1 rings (SSSR count). The molecule has 80 valence electrons. The molecule has 0 saturated heterocycles. The van der Waals surface area contributed by atoms with Crippen LogP contribution in [0.5, 0.6) is 0 Å². The number of ether oxygens (including phenoxy) is 1. The monoisotopic (exact) mass is 200 g/mol. The van der Waals surface area contributed by atoms with Gasteiger partial charge in [-0.15, -0.1) is 0 Å². The zero-order valence-electron chi connectivity index (χ0n) is 8.73. The SMILES string of the molecule is COCc1noc(CC(O)C(C)C)n1. The first-order chi connectivity index (χ1) is 6.63. The van der Waals surface area contributed by atoms with Crippen molar-refractivity contribution in [2.45, 2.75) is 33.0 Å². The van der Waals surface area contributed by atoms with Crippen LogP contribution < -0.4 is 0 Å². The van der Waals surface area contributed by atoms with Crippen LogP contribution in [-0.2, 0) is 17.8 Å². The summed E-state index contributed by atoms with van der Waals surface area (Å²) >= 11 is 0. The number of aliphatic hydroxyl groups excluding tert-OH is 1. The Morgan fingerprint density at radius 1 is 1.50 bits per heavy atom. The Morgan fingerprint density at radius 2 is 2.21 bits per heavy atom. The third-order valence-corrected chi connectivity index (χ3v) is 1.94. The molecular weight excluding hydrogens is 184 g/mol. The van der Waals surface area contributed by atoms with Gasteiger partial charge >= 0.3 is 0 Å². The molecule has 0 aliphatic heterocycles. The lowest BCUT2D eigenvalue weighted by molar-refractivity contribution is 0.115. The highest BCUT2D eigenvalue weighted by atomic mass is 16.5. The number of rotatable bonds is 5. The van der Waals surface area contributed by atoms with Gasteiger partial charge in [0.05, 0.1) is 12.5 Å². The highest BCUT2D eigenvalue weighted by Gasteiger charge is 2.14. The summed E-state index contributed by atoms with van der Waals surface area (Å²) in [5.74, 6) is 1.16. The van der Waals surface area contributed by atoms with Crippen LogP contribution in [0.1, 0.15) is 25.6 Å². The molecule has 0 bridgehead atoms. The summed E-state index contributed by atoms with van der Waals surface area (Å²) in [5, 5.41) is 13.3. The van der Waals surface area contributed by atoms with Gasteiger partial charge in [0, 0.05) is 7.11 Å². The zero-order valence-corrected chi connectivity index (χ0v) is 8.73. The van der Waals surface area contributed by atoms with Crippen molar-refractivity contribution < 1.29 is 14.4 Å². The van der Waals surface area contributed by atoms with Crippen molar-refractivity contribution in [1.29, 1.82) is 0 Å². The van der Waals surface area contributed by atoms with Gasteiger partial charge in [0.25, 0.3) is 0 Å². The van der Waals surface area contributed by atoms with Crippen molar-refractivity contribution in [3.05, 3.63) is 11.7 Å². The maximum Gasteiger partial charge on any atom is 0.229 e. The fourth-order valence-corrected chi connectivity index (χ4v) is 0.975. The van der Waals surface area contributed by atoms with Gasteiger partial charge in [-0.2, -0.15) is 4.98 Å². The molecule has 1 aromatic rings. The fourth-order valence-electron chi connectivity index (χ4n) is 0.975. The van der Waals surface area contributed by atoms with Gasteiger partial charge in [0.1, 0.15) is 6.61 Å². The Balaban J connectivity index is 2.50. The molecule has 0 amide bonds. The molecule has 0 fully saturated rings. The number of nitrogens with zero attached hydrogens (tertiary/aromatic N) is 2. The van der Waals surface area contributed by atoms with E-state index in [1.165, 1.54) is 0 Å². The lowest BCUT2D eigenvalue weighted by Gasteiger charge is -2.10. The van der Waals surface area contributed by atoms with Crippen LogP contribution in [-0.4, -0.2) is 28.5 Å². The Labute approximate surface area is 83.1 Å². The number of aromatic nitrogens is 2. The van der Waals surface area contributed by atoms with Crippen molar-refractivity contribution in [2.24, 2.45) is 5.92 Å². The zero-order chi connectivity index (χ0) is 10.6. The first kappa shape index (κ1) is 11.1. The molecule has 0 aliphatic rings. The molecule has 1 atom stereocenters. The van der Waals surface area contributed by atoms with E-state index in [4.69, 9.17) is 9.26 Å². The van der Waals surface area contributed by atoms with E-state index in [1.807, 2.05) is 13.8 Å². The predicted octanol–water partition coefficient (Wildman–Crippen LogP) is 0.775. The minimum absolute atomic E-state index is 0.188. The molecule has 0 aromatic carbocycles. The van der Waals surface area contributed by atoms with E-state index < -0.39 is 6.10 Å². The average Bonchev–Trinajstić information content (AvgIpc) is 2.53. The summed E-state index contributed by atoms with van der Waals surface area (Å²) in [5.41, 5.74) is 0. The average molecular weight is 200 g/mol. The quantitative estimate of drug-likeness (QED) is 0.760. The standard InChI is InChI=1S/C9H16N2O3/c1-6(2)7(12)4-9-10-8(5-13-3)11-14-9/h6-7,12H,4-5H2,1-3H3. The van der Waals surface area contributed by atoms with E-state index in [0.29, 0.717) is 24.7 Å². The second-order valence-electron chi connectivity index (χ2n) is 3.55. The van der Waals surface area contributed by atoms with E-state index >= 15 is 0 Å². The van der Waals surface area contributed by atoms with Crippen LogP contribution in [0.25, 0.3) is 0 Å². The molecule has 1 N–H and O–H groups in total. The van der Waals surface area contributed by atoms with E-state index in [1.54, 1.807) is 7.11 Å². The maximum atomic E-state index is 9.56. The van der Waals surface area contributed by atoms with Crippen LogP contribution in [0, 0.1) is 5.92 Å². The van der Waals surface area contributed by atoms with Crippen LogP contribution >= 0.6 is 0 Å². The molecule has 0 radical (unpaired) electrons. The summed E-state index contributed by atoms with van der Waals surface area (Å²) in [4.78, 5) is 4.06. The minimum atomic E-state index is -0.439. The van der Waals surface area contributed by atoms with Gasteiger partial charge in [0.2, 0.25) is 5.89 Å². The lowest BCUT2D eigenvalue weighted by Crippen LogP contribution is -2.17. The Bertz CT molecular complexity index is 273. The van der Waals surface area contributed by atoms with E-state index in [-0.39, 0.29) is 5.92 Å². The summed E-state index contributed by atoms with van der Waals surface area (Å²) in [6, 6.07) is 0. The van der Waals surface area contributed by atoms with Crippen LogP contribution in [0.4, 0.5) is 0 Å².